The van der Waals surface area contributed by atoms with Crippen molar-refractivity contribution in [1.29, 1.82) is 0 Å². The highest BCUT2D eigenvalue weighted by Gasteiger charge is 2.71. The molecule has 10 nitrogen and oxygen atoms in total. The zero-order chi connectivity index (χ0) is 32.4. The maximum atomic E-state index is 15.6. The Labute approximate surface area is 256 Å². The zero-order valence-corrected chi connectivity index (χ0v) is 25.7. The van der Waals surface area contributed by atoms with Crippen molar-refractivity contribution in [3.8, 4) is 5.75 Å². The van der Waals surface area contributed by atoms with E-state index in [2.05, 4.69) is 11.7 Å². The van der Waals surface area contributed by atoms with Gasteiger partial charge in [-0.25, -0.2) is 14.1 Å². The molecule has 0 spiro atoms. The lowest BCUT2D eigenvalue weighted by molar-refractivity contribution is -0.199. The van der Waals surface area contributed by atoms with Crippen molar-refractivity contribution in [3.63, 3.8) is 0 Å². The van der Waals surface area contributed by atoms with Crippen molar-refractivity contribution in [2.24, 2.45) is 45.0 Å². The lowest BCUT2D eigenvalue weighted by Crippen LogP contribution is -2.64. The second-order valence-electron chi connectivity index (χ2n) is 13.7. The van der Waals surface area contributed by atoms with E-state index >= 15 is 4.39 Å². The summed E-state index contributed by atoms with van der Waals surface area (Å²) >= 11 is 0. The van der Waals surface area contributed by atoms with Crippen LogP contribution >= 0.6 is 0 Å². The van der Waals surface area contributed by atoms with Crippen molar-refractivity contribution < 1.29 is 43.2 Å². The van der Waals surface area contributed by atoms with E-state index in [-0.39, 0.29) is 24.5 Å². The van der Waals surface area contributed by atoms with Crippen LogP contribution in [0.5, 0.6) is 5.75 Å². The zero-order valence-electron chi connectivity index (χ0n) is 25.7. The Bertz CT molecular complexity index is 1420. The molecule has 0 radical (unpaired) electrons. The number of fused-ring (bicyclic) bond motifs is 1. The molecule has 1 unspecified atom stereocenters. The molecule has 1 heterocycles. The van der Waals surface area contributed by atoms with Crippen LogP contribution in [0.1, 0.15) is 65.9 Å². The van der Waals surface area contributed by atoms with Crippen molar-refractivity contribution in [1.82, 2.24) is 4.92 Å². The predicted octanol–water partition coefficient (Wildman–Crippen LogP) is 3.14. The topological polar surface area (TPSA) is 143 Å². The smallest absolute Gasteiger partial charge is 0.474 e. The fourth-order valence-corrected chi connectivity index (χ4v) is 9.17. The molecular formula is C32H40BFN2O8. The molecule has 44 heavy (non-hydrogen) atoms. The number of hydrogen-bond acceptors (Lipinski definition) is 8. The number of carbonyl (C=O) groups excluding carboxylic acids is 3. The third kappa shape index (κ3) is 4.59. The number of amides is 1. The van der Waals surface area contributed by atoms with Gasteiger partial charge in [0.15, 0.2) is 18.1 Å². The number of carbonyl (C=O) groups is 4. The fourth-order valence-electron chi connectivity index (χ4n) is 9.17. The number of alkyl halides is 1. The minimum Gasteiger partial charge on any atom is -0.478 e. The number of benzene rings is 1. The van der Waals surface area contributed by atoms with Gasteiger partial charge in [0.2, 0.25) is 5.91 Å². The quantitative estimate of drug-likeness (QED) is 0.273. The Morgan fingerprint density at radius 1 is 1.27 bits per heavy atom. The Morgan fingerprint density at radius 3 is 2.59 bits per heavy atom. The van der Waals surface area contributed by atoms with Crippen LogP contribution in [0.4, 0.5) is 4.39 Å². The van der Waals surface area contributed by atoms with E-state index in [1.165, 1.54) is 19.2 Å². The van der Waals surface area contributed by atoms with Crippen LogP contribution < -0.4 is 10.2 Å². The largest absolute Gasteiger partial charge is 0.478 e. The molecule has 2 bridgehead atoms. The number of hydrogen-bond donors (Lipinski definition) is 2. The highest BCUT2D eigenvalue weighted by atomic mass is 19.1. The Balaban J connectivity index is 1.66. The van der Waals surface area contributed by atoms with Gasteiger partial charge < -0.3 is 19.6 Å². The van der Waals surface area contributed by atoms with Crippen LogP contribution in [-0.2, 0) is 23.9 Å². The number of ketones is 1. The summed E-state index contributed by atoms with van der Waals surface area (Å²) in [5, 5.41) is 25.6. The molecule has 3 saturated carbocycles. The lowest BCUT2D eigenvalue weighted by Gasteiger charge is -2.63. The molecule has 10 atom stereocenters. The number of ether oxygens (including phenoxy) is 2. The summed E-state index contributed by atoms with van der Waals surface area (Å²) in [6.45, 7) is 13.3. The summed E-state index contributed by atoms with van der Waals surface area (Å²) in [6, 6.07) is 4.64. The van der Waals surface area contributed by atoms with E-state index < -0.39 is 77.1 Å². The van der Waals surface area contributed by atoms with Crippen molar-refractivity contribution in [2.45, 2.75) is 78.7 Å². The molecule has 5 rings (SSSR count). The van der Waals surface area contributed by atoms with Crippen LogP contribution in [0.25, 0.3) is 0 Å². The normalized spacial score (nSPS) is 38.5. The summed E-state index contributed by atoms with van der Waals surface area (Å²) in [4.78, 5) is 51.7. The minimum atomic E-state index is -1.71. The summed E-state index contributed by atoms with van der Waals surface area (Å²) in [7, 11) is -1.40. The number of carboxylic acid groups (broad SMARTS) is 1. The van der Waals surface area contributed by atoms with Crippen LogP contribution in [0, 0.1) is 39.9 Å². The maximum absolute atomic E-state index is 15.6. The first-order valence-corrected chi connectivity index (χ1v) is 15.1. The van der Waals surface area contributed by atoms with Gasteiger partial charge in [0.25, 0.3) is 6.47 Å². The first-order chi connectivity index (χ1) is 20.7. The van der Waals surface area contributed by atoms with E-state index in [9.17, 15) is 29.3 Å². The number of rotatable bonds is 7. The first-order valence-electron chi connectivity index (χ1n) is 15.1. The van der Waals surface area contributed by atoms with Gasteiger partial charge in [0.1, 0.15) is 11.9 Å². The van der Waals surface area contributed by atoms with E-state index in [1.807, 2.05) is 27.7 Å². The highest BCUT2D eigenvalue weighted by molar-refractivity contribution is 6.67. The van der Waals surface area contributed by atoms with Crippen LogP contribution in [0.3, 0.4) is 0 Å². The van der Waals surface area contributed by atoms with Gasteiger partial charge in [-0.05, 0) is 65.6 Å². The van der Waals surface area contributed by atoms with E-state index in [0.29, 0.717) is 30.3 Å². The molecule has 3 aliphatic carbocycles. The number of carboxylic acids is 1. The standard InChI is InChI=1S/C32H40BFN2O8/c1-7-30(5)13-22(26(29(40)41)44-21-9-8-20-15-35-36(19(4)38)33(42)23(20)12-21)31(6)17(2)10-11-32(18(3)28(30)43-16-37)14-24(34)25(39)27(31)32/h7-9,12,15-18,22,24,26-28,42H,1,10-11,13-14H2,2-6H3,(H,40,41)/t17-,18+,22+,24+,26?,27+,28+,30-,31-,32+/m1/s1. The lowest BCUT2D eigenvalue weighted by atomic mass is 9.41. The molecule has 236 valence electrons. The van der Waals surface area contributed by atoms with E-state index in [4.69, 9.17) is 9.47 Å². The molecule has 3 fully saturated rings. The number of nitrogens with zero attached hydrogens (tertiary/aromatic N) is 2. The molecule has 2 N–H and O–H groups in total. The van der Waals surface area contributed by atoms with Crippen LogP contribution in [0.15, 0.2) is 36.0 Å². The molecule has 0 saturated heterocycles. The minimum absolute atomic E-state index is 0.0197. The summed E-state index contributed by atoms with van der Waals surface area (Å²) in [6.07, 6.45) is 0.354. The molecule has 4 aliphatic rings. The Morgan fingerprint density at radius 2 is 1.98 bits per heavy atom. The first kappa shape index (κ1) is 31.9. The average molecular weight is 610 g/mol. The van der Waals surface area contributed by atoms with Crippen LogP contribution in [0.2, 0.25) is 0 Å². The SMILES string of the molecule is C=C[C@]1(C)C[C@@H](C(Oc2ccc3c(c2)B(O)N(C(C)=O)N=C3)C(=O)O)[C@@]2(C)[C@H](C)CC[C@]3(C[C@H](F)C(=O)[C@H]32)[C@@H](C)[C@@H]1OC=O. The van der Waals surface area contributed by atoms with Crippen molar-refractivity contribution in [2.75, 3.05) is 0 Å². The van der Waals surface area contributed by atoms with Gasteiger partial charge in [0, 0.05) is 30.1 Å². The highest BCUT2D eigenvalue weighted by Crippen LogP contribution is 2.70. The predicted molar refractivity (Wildman–Crippen MR) is 160 cm³/mol. The van der Waals surface area contributed by atoms with Gasteiger partial charge in [-0.3, -0.25) is 14.4 Å². The van der Waals surface area contributed by atoms with E-state index in [1.54, 1.807) is 18.2 Å². The van der Waals surface area contributed by atoms with Crippen molar-refractivity contribution in [3.05, 3.63) is 36.4 Å². The molecular weight excluding hydrogens is 570 g/mol. The van der Waals surface area contributed by atoms with Crippen LogP contribution in [-0.4, -0.2) is 70.8 Å². The molecule has 1 aromatic carbocycles. The monoisotopic (exact) mass is 610 g/mol. The molecule has 1 aliphatic heterocycles. The third-order valence-corrected chi connectivity index (χ3v) is 11.7. The summed E-state index contributed by atoms with van der Waals surface area (Å²) in [5.41, 5.74) is -1.97. The van der Waals surface area contributed by atoms with Gasteiger partial charge in [-0.2, -0.15) is 5.10 Å². The Kier molecular flexibility index (Phi) is 8.06. The average Bonchev–Trinajstić information content (AvgIpc) is 3.25. The van der Waals surface area contributed by atoms with Crippen molar-refractivity contribution >= 4 is 42.9 Å². The second-order valence-corrected chi connectivity index (χ2v) is 13.7. The molecule has 1 amide bonds. The third-order valence-electron chi connectivity index (χ3n) is 11.7. The Hall–Kier alpha value is -3.54. The number of hydrazone groups is 1. The van der Waals surface area contributed by atoms with E-state index in [0.717, 1.165) is 4.92 Å². The second kappa shape index (κ2) is 11.1. The molecule has 1 aromatic rings. The van der Waals surface area contributed by atoms with Gasteiger partial charge >= 0.3 is 13.0 Å². The molecule has 0 aromatic heterocycles. The van der Waals surface area contributed by atoms with Gasteiger partial charge in [-0.1, -0.05) is 39.8 Å². The fraction of sp³-hybridized carbons (Fsp3) is 0.594. The maximum Gasteiger partial charge on any atom is 0.474 e. The summed E-state index contributed by atoms with van der Waals surface area (Å²) in [5.74, 6) is -4.41. The number of halogens is 1. The molecule has 12 heteroatoms. The number of Topliss-reactive ketones (excluding diaryl/α,β-unsaturated/α-hetero) is 1. The van der Waals surface area contributed by atoms with Gasteiger partial charge in [-0.15, -0.1) is 6.58 Å². The summed E-state index contributed by atoms with van der Waals surface area (Å²) < 4.78 is 27.6. The number of aliphatic carboxylic acids is 1. The van der Waals surface area contributed by atoms with Gasteiger partial charge in [0.05, 0.1) is 6.21 Å².